The molecule has 7 heteroatoms. The van der Waals surface area contributed by atoms with Gasteiger partial charge in [0.1, 0.15) is 4.21 Å². The first-order valence-electron chi connectivity index (χ1n) is 5.47. The van der Waals surface area contributed by atoms with Crippen LogP contribution < -0.4 is 0 Å². The molecule has 3 nitrogen and oxygen atoms in total. The van der Waals surface area contributed by atoms with Crippen molar-refractivity contribution >= 4 is 48.9 Å². The zero-order valence-corrected chi connectivity index (χ0v) is 13.1. The normalized spacial score (nSPS) is 19.2. The summed E-state index contributed by atoms with van der Waals surface area (Å²) in [5.41, 5.74) is 0. The van der Waals surface area contributed by atoms with Gasteiger partial charge in [0, 0.05) is 13.1 Å². The number of halogens is 2. The highest BCUT2D eigenvalue weighted by Gasteiger charge is 2.27. The quantitative estimate of drug-likeness (QED) is 0.808. The Labute approximate surface area is 119 Å². The summed E-state index contributed by atoms with van der Waals surface area (Å²) < 4.78 is 27.3. The molecule has 1 aliphatic heterocycles. The van der Waals surface area contributed by atoms with Gasteiger partial charge < -0.3 is 0 Å². The van der Waals surface area contributed by atoms with E-state index in [1.165, 1.54) is 17.4 Å². The van der Waals surface area contributed by atoms with Crippen molar-refractivity contribution in [1.82, 2.24) is 4.31 Å². The fraction of sp³-hybridized carbons (Fsp3) is 0.600. The minimum absolute atomic E-state index is 0.330. The van der Waals surface area contributed by atoms with Crippen LogP contribution in [0.1, 0.15) is 25.7 Å². The molecule has 0 spiro atoms. The second kappa shape index (κ2) is 5.57. The molecule has 2 rings (SSSR count). The fourth-order valence-electron chi connectivity index (χ4n) is 1.86. The molecular weight excluding hydrogens is 346 g/mol. The van der Waals surface area contributed by atoms with Crippen molar-refractivity contribution < 1.29 is 8.42 Å². The summed E-state index contributed by atoms with van der Waals surface area (Å²) >= 11 is 10.3. The van der Waals surface area contributed by atoms with E-state index in [0.717, 1.165) is 25.7 Å². The predicted octanol–water partition coefficient (Wildman–Crippen LogP) is 3.73. The van der Waals surface area contributed by atoms with Gasteiger partial charge in [-0.25, -0.2) is 8.42 Å². The summed E-state index contributed by atoms with van der Waals surface area (Å²) in [5.74, 6) is 0. The smallest absolute Gasteiger partial charge is 0.206 e. The molecule has 1 saturated heterocycles. The highest BCUT2D eigenvalue weighted by molar-refractivity contribution is 9.11. The van der Waals surface area contributed by atoms with Crippen LogP contribution in [0.5, 0.6) is 0 Å². The van der Waals surface area contributed by atoms with Crippen molar-refractivity contribution in [3.63, 3.8) is 0 Å². The van der Waals surface area contributed by atoms with Crippen LogP contribution in [0.2, 0.25) is 5.02 Å². The SMILES string of the molecule is O=S(=O)(c1cc(Cl)c(Br)s1)N1CCCCCC1. The number of hydrogen-bond acceptors (Lipinski definition) is 3. The lowest BCUT2D eigenvalue weighted by Gasteiger charge is -2.18. The maximum Gasteiger partial charge on any atom is 0.252 e. The van der Waals surface area contributed by atoms with Gasteiger partial charge in [0.05, 0.1) is 8.81 Å². The molecule has 0 amide bonds. The molecule has 0 bridgehead atoms. The van der Waals surface area contributed by atoms with Crippen LogP contribution in [0.3, 0.4) is 0 Å². The standard InChI is InChI=1S/C10H13BrClNO2S2/c11-10-8(12)7-9(16-10)17(14,15)13-5-3-1-2-4-6-13/h7H,1-6H2. The van der Waals surface area contributed by atoms with E-state index in [-0.39, 0.29) is 0 Å². The van der Waals surface area contributed by atoms with E-state index in [9.17, 15) is 8.42 Å². The molecule has 96 valence electrons. The van der Waals surface area contributed by atoms with Crippen molar-refractivity contribution in [2.75, 3.05) is 13.1 Å². The predicted molar refractivity (Wildman–Crippen MR) is 74.3 cm³/mol. The molecule has 1 fully saturated rings. The Bertz CT molecular complexity index is 473. The number of thiophene rings is 1. The molecular formula is C10H13BrClNO2S2. The van der Waals surface area contributed by atoms with E-state index in [2.05, 4.69) is 15.9 Å². The molecule has 0 saturated carbocycles. The first-order chi connectivity index (χ1) is 8.01. The van der Waals surface area contributed by atoms with Gasteiger partial charge in [-0.1, -0.05) is 24.4 Å². The van der Waals surface area contributed by atoms with E-state index < -0.39 is 10.0 Å². The molecule has 0 atom stereocenters. The van der Waals surface area contributed by atoms with Crippen LogP contribution in [-0.2, 0) is 10.0 Å². The second-order valence-electron chi connectivity index (χ2n) is 4.01. The molecule has 0 aliphatic carbocycles. The van der Waals surface area contributed by atoms with E-state index in [1.54, 1.807) is 4.31 Å². The Morgan fingerprint density at radius 3 is 2.29 bits per heavy atom. The monoisotopic (exact) mass is 357 g/mol. The first-order valence-corrected chi connectivity index (χ1v) is 8.89. The number of nitrogens with zero attached hydrogens (tertiary/aromatic N) is 1. The zero-order valence-electron chi connectivity index (χ0n) is 9.16. The summed E-state index contributed by atoms with van der Waals surface area (Å²) in [6.07, 6.45) is 4.11. The topological polar surface area (TPSA) is 37.4 Å². The molecule has 1 aliphatic rings. The van der Waals surface area contributed by atoms with Gasteiger partial charge in [-0.2, -0.15) is 4.31 Å². The van der Waals surface area contributed by atoms with Crippen molar-refractivity contribution in [2.45, 2.75) is 29.9 Å². The van der Waals surface area contributed by atoms with Gasteiger partial charge in [0.2, 0.25) is 0 Å². The van der Waals surface area contributed by atoms with Crippen molar-refractivity contribution in [3.8, 4) is 0 Å². The Morgan fingerprint density at radius 2 is 1.82 bits per heavy atom. The number of hydrogen-bond donors (Lipinski definition) is 0. The molecule has 1 aromatic rings. The van der Waals surface area contributed by atoms with Crippen LogP contribution in [0.15, 0.2) is 14.1 Å². The van der Waals surface area contributed by atoms with E-state index in [1.807, 2.05) is 0 Å². The molecule has 0 aromatic carbocycles. The second-order valence-corrected chi connectivity index (χ2v) is 8.95. The lowest BCUT2D eigenvalue weighted by atomic mass is 10.2. The summed E-state index contributed by atoms with van der Waals surface area (Å²) in [6.45, 7) is 1.24. The van der Waals surface area contributed by atoms with Gasteiger partial charge in [-0.05, 0) is 34.8 Å². The van der Waals surface area contributed by atoms with Gasteiger partial charge >= 0.3 is 0 Å². The zero-order chi connectivity index (χ0) is 12.5. The third kappa shape index (κ3) is 3.04. The highest BCUT2D eigenvalue weighted by Crippen LogP contribution is 2.36. The molecule has 2 heterocycles. The van der Waals surface area contributed by atoms with Crippen LogP contribution in [0.25, 0.3) is 0 Å². The Kier molecular flexibility index (Phi) is 4.52. The number of sulfonamides is 1. The van der Waals surface area contributed by atoms with Crippen molar-refractivity contribution in [1.29, 1.82) is 0 Å². The van der Waals surface area contributed by atoms with E-state index >= 15 is 0 Å². The lowest BCUT2D eigenvalue weighted by Crippen LogP contribution is -2.31. The third-order valence-corrected chi connectivity index (χ3v) is 7.60. The minimum atomic E-state index is -3.35. The van der Waals surface area contributed by atoms with Crippen molar-refractivity contribution in [2.24, 2.45) is 0 Å². The Morgan fingerprint density at radius 1 is 1.24 bits per heavy atom. The first kappa shape index (κ1) is 13.8. The highest BCUT2D eigenvalue weighted by atomic mass is 79.9. The lowest BCUT2D eigenvalue weighted by molar-refractivity contribution is 0.425. The Hall–Kier alpha value is 0.380. The van der Waals surface area contributed by atoms with Gasteiger partial charge in [0.15, 0.2) is 0 Å². The van der Waals surface area contributed by atoms with E-state index in [0.29, 0.717) is 26.1 Å². The van der Waals surface area contributed by atoms with Gasteiger partial charge in [0.25, 0.3) is 10.0 Å². The number of rotatable bonds is 2. The summed E-state index contributed by atoms with van der Waals surface area (Å²) in [6, 6.07) is 1.52. The van der Waals surface area contributed by atoms with Crippen LogP contribution in [-0.4, -0.2) is 25.8 Å². The fourth-order valence-corrected chi connectivity index (χ4v) is 5.93. The van der Waals surface area contributed by atoms with Gasteiger partial charge in [-0.3, -0.25) is 0 Å². The van der Waals surface area contributed by atoms with Crippen molar-refractivity contribution in [3.05, 3.63) is 14.9 Å². The molecule has 0 unspecified atom stereocenters. The third-order valence-electron chi connectivity index (χ3n) is 2.78. The average molecular weight is 359 g/mol. The molecule has 0 radical (unpaired) electrons. The molecule has 17 heavy (non-hydrogen) atoms. The summed E-state index contributed by atoms with van der Waals surface area (Å²) in [5, 5.41) is 0.461. The van der Waals surface area contributed by atoms with Crippen LogP contribution >= 0.6 is 38.9 Å². The molecule has 1 aromatic heterocycles. The van der Waals surface area contributed by atoms with Crippen LogP contribution in [0, 0.1) is 0 Å². The minimum Gasteiger partial charge on any atom is -0.206 e. The van der Waals surface area contributed by atoms with Crippen LogP contribution in [0.4, 0.5) is 0 Å². The molecule has 0 N–H and O–H groups in total. The average Bonchev–Trinajstić information content (AvgIpc) is 2.54. The van der Waals surface area contributed by atoms with Gasteiger partial charge in [-0.15, -0.1) is 11.3 Å². The Balaban J connectivity index is 2.28. The summed E-state index contributed by atoms with van der Waals surface area (Å²) in [7, 11) is -3.35. The maximum atomic E-state index is 12.4. The van der Waals surface area contributed by atoms with E-state index in [4.69, 9.17) is 11.6 Å². The largest absolute Gasteiger partial charge is 0.252 e. The maximum absolute atomic E-state index is 12.4. The summed E-state index contributed by atoms with van der Waals surface area (Å²) in [4.78, 5) is 0.